The van der Waals surface area contributed by atoms with Gasteiger partial charge in [0.05, 0.1) is 25.3 Å². The van der Waals surface area contributed by atoms with Crippen LogP contribution in [0.4, 0.5) is 13.2 Å². The van der Waals surface area contributed by atoms with E-state index in [1.54, 1.807) is 6.07 Å². The number of fused-ring (bicyclic) bond motifs is 1. The van der Waals surface area contributed by atoms with Gasteiger partial charge in [-0.2, -0.15) is 13.2 Å². The zero-order valence-electron chi connectivity index (χ0n) is 14.4. The molecular formula is C19H18F3NO3. The minimum Gasteiger partial charge on any atom is -0.493 e. The first-order valence-electron chi connectivity index (χ1n) is 8.04. The molecule has 0 unspecified atom stereocenters. The normalized spacial score (nSPS) is 14.0. The van der Waals surface area contributed by atoms with Crippen LogP contribution in [0, 0.1) is 0 Å². The Morgan fingerprint density at radius 3 is 2.27 bits per heavy atom. The Bertz CT molecular complexity index is 833. The standard InChI is InChI=1S/C19H18F3NO3/c1-25-16-9-12-7-8-23(11-13(12)10-17(16)26-2)18(24)14-5-3-4-6-15(14)19(20,21)22/h3-6,9-10H,7-8,11H2,1-2H3. The van der Waals surface area contributed by atoms with Gasteiger partial charge < -0.3 is 14.4 Å². The Hall–Kier alpha value is -2.70. The molecule has 0 saturated carbocycles. The van der Waals surface area contributed by atoms with Gasteiger partial charge in [0.1, 0.15) is 0 Å². The number of nitrogens with zero attached hydrogens (tertiary/aromatic N) is 1. The largest absolute Gasteiger partial charge is 0.493 e. The van der Waals surface area contributed by atoms with Gasteiger partial charge in [-0.15, -0.1) is 0 Å². The van der Waals surface area contributed by atoms with Gasteiger partial charge in [-0.05, 0) is 41.8 Å². The summed E-state index contributed by atoms with van der Waals surface area (Å²) in [5, 5.41) is 0. The number of benzene rings is 2. The number of hydrogen-bond donors (Lipinski definition) is 0. The van der Waals surface area contributed by atoms with Crippen LogP contribution in [0.2, 0.25) is 0 Å². The topological polar surface area (TPSA) is 38.8 Å². The molecule has 0 N–H and O–H groups in total. The summed E-state index contributed by atoms with van der Waals surface area (Å²) in [6.45, 7) is 0.564. The maximum atomic E-state index is 13.2. The van der Waals surface area contributed by atoms with Crippen molar-refractivity contribution in [3.05, 3.63) is 58.7 Å². The van der Waals surface area contributed by atoms with Crippen molar-refractivity contribution in [1.82, 2.24) is 4.90 Å². The maximum Gasteiger partial charge on any atom is 0.417 e. The first kappa shape index (κ1) is 18.1. The molecule has 7 heteroatoms. The van der Waals surface area contributed by atoms with E-state index < -0.39 is 17.6 Å². The van der Waals surface area contributed by atoms with Crippen LogP contribution in [0.5, 0.6) is 11.5 Å². The highest BCUT2D eigenvalue weighted by molar-refractivity contribution is 5.96. The second kappa shape index (κ2) is 6.90. The fourth-order valence-corrected chi connectivity index (χ4v) is 3.14. The zero-order valence-corrected chi connectivity index (χ0v) is 14.4. The molecule has 26 heavy (non-hydrogen) atoms. The average molecular weight is 365 g/mol. The monoisotopic (exact) mass is 365 g/mol. The van der Waals surface area contributed by atoms with Gasteiger partial charge in [0, 0.05) is 13.1 Å². The number of carbonyl (C=O) groups is 1. The van der Waals surface area contributed by atoms with E-state index in [-0.39, 0.29) is 12.1 Å². The van der Waals surface area contributed by atoms with Crippen LogP contribution in [0.1, 0.15) is 27.0 Å². The fraction of sp³-hybridized carbons (Fsp3) is 0.316. The molecular weight excluding hydrogens is 347 g/mol. The lowest BCUT2D eigenvalue weighted by Gasteiger charge is -2.30. The van der Waals surface area contributed by atoms with Crippen LogP contribution >= 0.6 is 0 Å². The van der Waals surface area contributed by atoms with E-state index in [1.807, 2.05) is 6.07 Å². The molecule has 0 aliphatic carbocycles. The van der Waals surface area contributed by atoms with E-state index in [4.69, 9.17) is 9.47 Å². The molecule has 1 aliphatic rings. The number of rotatable bonds is 3. The van der Waals surface area contributed by atoms with Gasteiger partial charge in [0.15, 0.2) is 11.5 Å². The summed E-state index contributed by atoms with van der Waals surface area (Å²) in [5.41, 5.74) is 0.592. The van der Waals surface area contributed by atoms with Crippen LogP contribution in [0.3, 0.4) is 0 Å². The molecule has 0 saturated heterocycles. The number of alkyl halides is 3. The summed E-state index contributed by atoms with van der Waals surface area (Å²) >= 11 is 0. The molecule has 0 aromatic heterocycles. The lowest BCUT2D eigenvalue weighted by atomic mass is 9.97. The van der Waals surface area contributed by atoms with Crippen molar-refractivity contribution >= 4 is 5.91 Å². The van der Waals surface area contributed by atoms with E-state index in [9.17, 15) is 18.0 Å². The quantitative estimate of drug-likeness (QED) is 0.828. The molecule has 0 bridgehead atoms. The molecule has 0 radical (unpaired) electrons. The van der Waals surface area contributed by atoms with Crippen LogP contribution < -0.4 is 9.47 Å². The van der Waals surface area contributed by atoms with Gasteiger partial charge in [0.2, 0.25) is 0 Å². The summed E-state index contributed by atoms with van der Waals surface area (Å²) < 4.78 is 50.1. The van der Waals surface area contributed by atoms with E-state index in [1.165, 1.54) is 37.3 Å². The zero-order chi connectivity index (χ0) is 18.9. The maximum absolute atomic E-state index is 13.2. The van der Waals surface area contributed by atoms with Crippen molar-refractivity contribution in [2.45, 2.75) is 19.1 Å². The lowest BCUT2D eigenvalue weighted by molar-refractivity contribution is -0.138. The third kappa shape index (κ3) is 3.34. The van der Waals surface area contributed by atoms with E-state index in [2.05, 4.69) is 0 Å². The predicted octanol–water partition coefficient (Wildman–Crippen LogP) is 3.92. The number of methoxy groups -OCH3 is 2. The van der Waals surface area contributed by atoms with Crippen LogP contribution in [0.25, 0.3) is 0 Å². The van der Waals surface area contributed by atoms with Crippen LogP contribution in [-0.4, -0.2) is 31.6 Å². The predicted molar refractivity (Wildman–Crippen MR) is 89.4 cm³/mol. The third-order valence-electron chi connectivity index (χ3n) is 4.47. The van der Waals surface area contributed by atoms with Gasteiger partial charge in [0.25, 0.3) is 5.91 Å². The highest BCUT2D eigenvalue weighted by Crippen LogP contribution is 2.35. The van der Waals surface area contributed by atoms with E-state index >= 15 is 0 Å². The van der Waals surface area contributed by atoms with Crippen molar-refractivity contribution in [2.75, 3.05) is 20.8 Å². The summed E-state index contributed by atoms with van der Waals surface area (Å²) in [4.78, 5) is 14.2. The van der Waals surface area contributed by atoms with Crippen molar-refractivity contribution in [3.8, 4) is 11.5 Å². The number of amides is 1. The minimum atomic E-state index is -4.57. The number of carbonyl (C=O) groups excluding carboxylic acids is 1. The first-order valence-corrected chi connectivity index (χ1v) is 8.04. The van der Waals surface area contributed by atoms with Crippen molar-refractivity contribution in [1.29, 1.82) is 0 Å². The summed E-state index contributed by atoms with van der Waals surface area (Å²) in [6.07, 6.45) is -4.04. The van der Waals surface area contributed by atoms with Crippen molar-refractivity contribution in [2.24, 2.45) is 0 Å². The molecule has 3 rings (SSSR count). The van der Waals surface area contributed by atoms with Crippen LogP contribution in [0.15, 0.2) is 36.4 Å². The van der Waals surface area contributed by atoms with Gasteiger partial charge in [-0.1, -0.05) is 12.1 Å². The molecule has 1 aliphatic heterocycles. The molecule has 4 nitrogen and oxygen atoms in total. The SMILES string of the molecule is COc1cc2c(cc1OC)CN(C(=O)c1ccccc1C(F)(F)F)CC2. The molecule has 138 valence electrons. The van der Waals surface area contributed by atoms with Crippen molar-refractivity contribution in [3.63, 3.8) is 0 Å². The number of hydrogen-bond acceptors (Lipinski definition) is 3. The molecule has 0 atom stereocenters. The Morgan fingerprint density at radius 2 is 1.65 bits per heavy atom. The molecule has 1 amide bonds. The molecule has 0 fully saturated rings. The second-order valence-electron chi connectivity index (χ2n) is 6.00. The number of halogens is 3. The summed E-state index contributed by atoms with van der Waals surface area (Å²) in [5.74, 6) is 0.489. The molecule has 2 aromatic rings. The second-order valence-corrected chi connectivity index (χ2v) is 6.00. The van der Waals surface area contributed by atoms with Gasteiger partial charge in [-0.3, -0.25) is 4.79 Å². The van der Waals surface area contributed by atoms with Crippen LogP contribution in [-0.2, 0) is 19.1 Å². The Morgan fingerprint density at radius 1 is 1.04 bits per heavy atom. The molecule has 0 spiro atoms. The first-order chi connectivity index (χ1) is 12.3. The fourth-order valence-electron chi connectivity index (χ4n) is 3.14. The smallest absolute Gasteiger partial charge is 0.417 e. The molecule has 1 heterocycles. The summed E-state index contributed by atoms with van der Waals surface area (Å²) in [7, 11) is 3.05. The van der Waals surface area contributed by atoms with Gasteiger partial charge in [-0.25, -0.2) is 0 Å². The van der Waals surface area contributed by atoms with E-state index in [0.29, 0.717) is 24.5 Å². The highest BCUT2D eigenvalue weighted by Gasteiger charge is 2.36. The van der Waals surface area contributed by atoms with Crippen molar-refractivity contribution < 1.29 is 27.4 Å². The lowest BCUT2D eigenvalue weighted by Crippen LogP contribution is -2.37. The Labute approximate surface area is 149 Å². The van der Waals surface area contributed by atoms with Gasteiger partial charge >= 0.3 is 6.18 Å². The summed E-state index contributed by atoms with van der Waals surface area (Å²) in [6, 6.07) is 8.48. The number of ether oxygens (including phenoxy) is 2. The third-order valence-corrected chi connectivity index (χ3v) is 4.47. The highest BCUT2D eigenvalue weighted by atomic mass is 19.4. The average Bonchev–Trinajstić information content (AvgIpc) is 2.65. The molecule has 2 aromatic carbocycles. The minimum absolute atomic E-state index is 0.223. The Balaban J connectivity index is 1.91. The Kier molecular flexibility index (Phi) is 4.80. The van der Waals surface area contributed by atoms with E-state index in [0.717, 1.165) is 17.2 Å².